The van der Waals surface area contributed by atoms with Gasteiger partial charge in [-0.2, -0.15) is 0 Å². The molecular formula is C19H18ClFO3. The van der Waals surface area contributed by atoms with Crippen LogP contribution in [-0.2, 0) is 24.1 Å². The summed E-state index contributed by atoms with van der Waals surface area (Å²) in [5.41, 5.74) is 2.43. The second kappa shape index (κ2) is 6.44. The second-order valence-corrected chi connectivity index (χ2v) is 6.90. The topological polar surface area (TPSA) is 46.5 Å². The van der Waals surface area contributed by atoms with Gasteiger partial charge in [0.2, 0.25) is 0 Å². The van der Waals surface area contributed by atoms with Crippen LogP contribution in [-0.4, -0.2) is 16.7 Å². The highest BCUT2D eigenvalue weighted by atomic mass is 35.5. The molecule has 0 spiro atoms. The SMILES string of the molecule is CC1(Cc2ccc(Cl)c(F)c2)Cc2cc(CCC(=O)O)ccc2O1. The Labute approximate surface area is 145 Å². The number of benzene rings is 2. The maximum Gasteiger partial charge on any atom is 0.303 e. The summed E-state index contributed by atoms with van der Waals surface area (Å²) < 4.78 is 19.7. The van der Waals surface area contributed by atoms with Crippen LogP contribution < -0.4 is 4.74 Å². The van der Waals surface area contributed by atoms with E-state index >= 15 is 0 Å². The predicted octanol–water partition coefficient (Wildman–Crippen LogP) is 4.43. The molecule has 0 aliphatic carbocycles. The number of rotatable bonds is 5. The maximum absolute atomic E-state index is 13.6. The van der Waals surface area contributed by atoms with Gasteiger partial charge >= 0.3 is 5.97 Å². The molecule has 2 aromatic rings. The molecule has 1 aliphatic heterocycles. The fourth-order valence-corrected chi connectivity index (χ4v) is 3.28. The zero-order chi connectivity index (χ0) is 17.3. The number of aliphatic carboxylic acids is 1. The summed E-state index contributed by atoms with van der Waals surface area (Å²) in [7, 11) is 0. The smallest absolute Gasteiger partial charge is 0.303 e. The average molecular weight is 349 g/mol. The Hall–Kier alpha value is -2.07. The van der Waals surface area contributed by atoms with Gasteiger partial charge < -0.3 is 9.84 Å². The minimum atomic E-state index is -0.804. The van der Waals surface area contributed by atoms with Gasteiger partial charge in [0.05, 0.1) is 5.02 Å². The van der Waals surface area contributed by atoms with Crippen LogP contribution in [0.1, 0.15) is 30.0 Å². The summed E-state index contributed by atoms with van der Waals surface area (Å²) in [4.78, 5) is 10.7. The first kappa shape index (κ1) is 16.8. The fourth-order valence-electron chi connectivity index (χ4n) is 3.16. The first-order valence-corrected chi connectivity index (χ1v) is 8.19. The van der Waals surface area contributed by atoms with Crippen LogP contribution in [0, 0.1) is 5.82 Å². The van der Waals surface area contributed by atoms with Crippen molar-refractivity contribution in [2.24, 2.45) is 0 Å². The van der Waals surface area contributed by atoms with Gasteiger partial charge in [-0.05, 0) is 48.2 Å². The van der Waals surface area contributed by atoms with Gasteiger partial charge in [0.15, 0.2) is 0 Å². The second-order valence-electron chi connectivity index (χ2n) is 6.49. The number of carboxylic acids is 1. The highest BCUT2D eigenvalue weighted by molar-refractivity contribution is 6.30. The Morgan fingerprint density at radius 3 is 2.75 bits per heavy atom. The predicted molar refractivity (Wildman–Crippen MR) is 90.2 cm³/mol. The molecule has 0 amide bonds. The summed E-state index contributed by atoms with van der Waals surface area (Å²) in [5, 5.41) is 8.91. The van der Waals surface area contributed by atoms with Gasteiger partial charge in [0, 0.05) is 19.3 Å². The Morgan fingerprint density at radius 2 is 2.04 bits per heavy atom. The number of aryl methyl sites for hydroxylation is 1. The number of ether oxygens (including phenoxy) is 1. The third-order valence-corrected chi connectivity index (χ3v) is 4.54. The van der Waals surface area contributed by atoms with Gasteiger partial charge in [-0.25, -0.2) is 4.39 Å². The van der Waals surface area contributed by atoms with Gasteiger partial charge in [-0.3, -0.25) is 4.79 Å². The van der Waals surface area contributed by atoms with E-state index in [1.54, 1.807) is 12.1 Å². The van der Waals surface area contributed by atoms with Crippen LogP contribution in [0.25, 0.3) is 0 Å². The molecule has 1 atom stereocenters. The number of fused-ring (bicyclic) bond motifs is 1. The molecule has 1 unspecified atom stereocenters. The minimum absolute atomic E-state index is 0.112. The van der Waals surface area contributed by atoms with Gasteiger partial charge in [-0.1, -0.05) is 29.8 Å². The van der Waals surface area contributed by atoms with Crippen LogP contribution in [0.2, 0.25) is 5.02 Å². The molecule has 1 N–H and O–H groups in total. The first-order chi connectivity index (χ1) is 11.3. The maximum atomic E-state index is 13.6. The molecule has 3 rings (SSSR count). The molecule has 0 radical (unpaired) electrons. The number of hydrogen-bond donors (Lipinski definition) is 1. The first-order valence-electron chi connectivity index (χ1n) is 7.81. The van der Waals surface area contributed by atoms with Crippen molar-refractivity contribution in [3.05, 3.63) is 63.9 Å². The van der Waals surface area contributed by atoms with Crippen molar-refractivity contribution in [3.63, 3.8) is 0 Å². The van der Waals surface area contributed by atoms with Crippen LogP contribution in [0.5, 0.6) is 5.75 Å². The molecular weight excluding hydrogens is 331 g/mol. The number of carbonyl (C=O) groups is 1. The van der Waals surface area contributed by atoms with E-state index in [4.69, 9.17) is 21.4 Å². The van der Waals surface area contributed by atoms with Crippen molar-refractivity contribution >= 4 is 17.6 Å². The molecule has 2 aromatic carbocycles. The normalized spacial score (nSPS) is 19.0. The number of carboxylic acid groups (broad SMARTS) is 1. The molecule has 0 saturated heterocycles. The molecule has 3 nitrogen and oxygen atoms in total. The van der Waals surface area contributed by atoms with Crippen molar-refractivity contribution in [2.75, 3.05) is 0 Å². The summed E-state index contributed by atoms with van der Waals surface area (Å²) in [6.45, 7) is 2.00. The highest BCUT2D eigenvalue weighted by Crippen LogP contribution is 2.37. The summed E-state index contributed by atoms with van der Waals surface area (Å²) in [5.74, 6) is -0.420. The molecule has 0 fully saturated rings. The largest absolute Gasteiger partial charge is 0.487 e. The van der Waals surface area contributed by atoms with Gasteiger partial charge in [-0.15, -0.1) is 0 Å². The molecule has 0 bridgehead atoms. The van der Waals surface area contributed by atoms with Crippen molar-refractivity contribution in [3.8, 4) is 5.75 Å². The van der Waals surface area contributed by atoms with E-state index in [9.17, 15) is 9.18 Å². The number of hydrogen-bond acceptors (Lipinski definition) is 2. The molecule has 0 aromatic heterocycles. The van der Waals surface area contributed by atoms with Crippen molar-refractivity contribution < 1.29 is 19.0 Å². The lowest BCUT2D eigenvalue weighted by atomic mass is 9.91. The Morgan fingerprint density at radius 1 is 1.29 bits per heavy atom. The van der Waals surface area contributed by atoms with Crippen LogP contribution in [0.4, 0.5) is 4.39 Å². The Balaban J connectivity index is 1.74. The zero-order valence-electron chi connectivity index (χ0n) is 13.3. The molecule has 1 aliphatic rings. The van der Waals surface area contributed by atoms with E-state index in [2.05, 4.69) is 0 Å². The van der Waals surface area contributed by atoms with Crippen LogP contribution >= 0.6 is 11.6 Å². The third-order valence-electron chi connectivity index (χ3n) is 4.24. The van der Waals surface area contributed by atoms with Crippen LogP contribution in [0.15, 0.2) is 36.4 Å². The van der Waals surface area contributed by atoms with Crippen molar-refractivity contribution in [1.29, 1.82) is 0 Å². The Kier molecular flexibility index (Phi) is 4.50. The molecule has 5 heteroatoms. The van der Waals surface area contributed by atoms with Crippen molar-refractivity contribution in [2.45, 2.75) is 38.2 Å². The van der Waals surface area contributed by atoms with E-state index in [-0.39, 0.29) is 11.4 Å². The van der Waals surface area contributed by atoms with Gasteiger partial charge in [0.1, 0.15) is 17.2 Å². The standard InChI is InChI=1S/C19H18ClFO3/c1-19(10-13-2-5-15(20)16(21)9-13)11-14-8-12(4-7-18(22)23)3-6-17(14)24-19/h2-3,5-6,8-9H,4,7,10-11H2,1H3,(H,22,23). The lowest BCUT2D eigenvalue weighted by Gasteiger charge is -2.24. The highest BCUT2D eigenvalue weighted by Gasteiger charge is 2.35. The summed E-state index contributed by atoms with van der Waals surface area (Å²) in [6.07, 6.45) is 1.89. The summed E-state index contributed by atoms with van der Waals surface area (Å²) in [6, 6.07) is 10.6. The minimum Gasteiger partial charge on any atom is -0.487 e. The molecule has 126 valence electrons. The third kappa shape index (κ3) is 3.70. The van der Waals surface area contributed by atoms with Crippen molar-refractivity contribution in [1.82, 2.24) is 0 Å². The average Bonchev–Trinajstić information content (AvgIpc) is 2.84. The van der Waals surface area contributed by atoms with E-state index in [1.807, 2.05) is 25.1 Å². The lowest BCUT2D eigenvalue weighted by molar-refractivity contribution is -0.136. The molecule has 0 saturated carbocycles. The molecule has 1 heterocycles. The quantitative estimate of drug-likeness (QED) is 0.869. The number of halogens is 2. The fraction of sp³-hybridized carbons (Fsp3) is 0.316. The molecule has 24 heavy (non-hydrogen) atoms. The Bertz CT molecular complexity index is 790. The lowest BCUT2D eigenvalue weighted by Crippen LogP contribution is -2.32. The monoisotopic (exact) mass is 348 g/mol. The van der Waals surface area contributed by atoms with E-state index < -0.39 is 17.4 Å². The van der Waals surface area contributed by atoms with Gasteiger partial charge in [0.25, 0.3) is 0 Å². The zero-order valence-corrected chi connectivity index (χ0v) is 14.1. The van der Waals surface area contributed by atoms with E-state index in [0.29, 0.717) is 19.3 Å². The van der Waals surface area contributed by atoms with E-state index in [0.717, 1.165) is 22.4 Å². The van der Waals surface area contributed by atoms with E-state index in [1.165, 1.54) is 6.07 Å². The summed E-state index contributed by atoms with van der Waals surface area (Å²) >= 11 is 5.73. The van der Waals surface area contributed by atoms with Crippen LogP contribution in [0.3, 0.4) is 0 Å².